The molecule has 0 fully saturated rings. The quantitative estimate of drug-likeness (QED) is 0.184. The summed E-state index contributed by atoms with van der Waals surface area (Å²) in [6.45, 7) is 1.19. The van der Waals surface area contributed by atoms with Crippen molar-refractivity contribution in [1.82, 2.24) is 0 Å². The molecule has 2 atom stereocenters. The van der Waals surface area contributed by atoms with E-state index in [4.69, 9.17) is 43.4 Å². The van der Waals surface area contributed by atoms with Crippen LogP contribution in [0.15, 0.2) is 0 Å². The lowest BCUT2D eigenvalue weighted by Gasteiger charge is -2.03. The maximum atomic E-state index is 10.2. The Balaban J connectivity index is -0.000000341. The van der Waals surface area contributed by atoms with Crippen molar-refractivity contribution in [2.75, 3.05) is 13.1 Å². The average Bonchev–Trinajstić information content (AvgIpc) is 2.56. The number of carbonyl (C=O) groups is 4. The third kappa shape index (κ3) is 26.6. The van der Waals surface area contributed by atoms with Gasteiger partial charge in [0.1, 0.15) is 12.1 Å². The highest BCUT2D eigenvalue weighted by molar-refractivity contribution is 5.74. The SMILES string of the molecule is NC(CCC(=O)O)C(=O)O.NC(CCCCC(=O)O)C(=O)O.NCCN. The Hall–Kier alpha value is -2.28. The van der Waals surface area contributed by atoms with Crippen LogP contribution in [-0.4, -0.2) is 69.5 Å². The summed E-state index contributed by atoms with van der Waals surface area (Å²) >= 11 is 0. The van der Waals surface area contributed by atoms with Crippen molar-refractivity contribution >= 4 is 23.9 Å². The van der Waals surface area contributed by atoms with Crippen molar-refractivity contribution in [3.63, 3.8) is 0 Å². The average molecular weight is 382 g/mol. The molecule has 0 aliphatic heterocycles. The summed E-state index contributed by atoms with van der Waals surface area (Å²) in [5, 5.41) is 32.9. The molecule has 0 aromatic heterocycles. The first-order valence-corrected chi connectivity index (χ1v) is 7.80. The lowest BCUT2D eigenvalue weighted by Crippen LogP contribution is -2.30. The number of hydrogen-bond acceptors (Lipinski definition) is 8. The Morgan fingerprint density at radius 2 is 1.04 bits per heavy atom. The van der Waals surface area contributed by atoms with Crippen LogP contribution in [0.4, 0.5) is 0 Å². The van der Waals surface area contributed by atoms with Crippen molar-refractivity contribution in [2.24, 2.45) is 22.9 Å². The zero-order valence-corrected chi connectivity index (χ0v) is 14.5. The van der Waals surface area contributed by atoms with Crippen LogP contribution in [0.2, 0.25) is 0 Å². The van der Waals surface area contributed by atoms with Crippen molar-refractivity contribution < 1.29 is 39.6 Å². The molecule has 0 rings (SSSR count). The van der Waals surface area contributed by atoms with Crippen LogP contribution < -0.4 is 22.9 Å². The van der Waals surface area contributed by atoms with E-state index in [2.05, 4.69) is 0 Å². The van der Waals surface area contributed by atoms with Gasteiger partial charge in [0.25, 0.3) is 0 Å². The molecule has 0 spiro atoms. The number of unbranched alkanes of at least 4 members (excludes halogenated alkanes) is 1. The lowest BCUT2D eigenvalue weighted by molar-refractivity contribution is -0.141. The van der Waals surface area contributed by atoms with Gasteiger partial charge in [0.2, 0.25) is 0 Å². The highest BCUT2D eigenvalue weighted by Crippen LogP contribution is 2.02. The van der Waals surface area contributed by atoms with E-state index in [0.717, 1.165) is 0 Å². The molecule has 154 valence electrons. The van der Waals surface area contributed by atoms with Gasteiger partial charge in [-0.2, -0.15) is 0 Å². The van der Waals surface area contributed by atoms with E-state index in [1.807, 2.05) is 0 Å². The first-order chi connectivity index (χ1) is 12.0. The Morgan fingerprint density at radius 3 is 1.35 bits per heavy atom. The van der Waals surface area contributed by atoms with Crippen molar-refractivity contribution in [3.05, 3.63) is 0 Å². The minimum absolute atomic E-state index is 0.0231. The van der Waals surface area contributed by atoms with E-state index < -0.39 is 36.0 Å². The molecule has 12 heteroatoms. The van der Waals surface area contributed by atoms with E-state index in [1.54, 1.807) is 0 Å². The van der Waals surface area contributed by atoms with Gasteiger partial charge in [0.15, 0.2) is 0 Å². The zero-order valence-electron chi connectivity index (χ0n) is 14.5. The number of aliphatic carboxylic acids is 4. The Kier molecular flexibility index (Phi) is 20.9. The van der Waals surface area contributed by atoms with Crippen molar-refractivity contribution in [1.29, 1.82) is 0 Å². The molecule has 12 nitrogen and oxygen atoms in total. The lowest BCUT2D eigenvalue weighted by atomic mass is 10.1. The number of carboxylic acids is 4. The third-order valence-corrected chi connectivity index (χ3v) is 2.63. The van der Waals surface area contributed by atoms with Gasteiger partial charge in [-0.3, -0.25) is 19.2 Å². The van der Waals surface area contributed by atoms with Gasteiger partial charge in [0, 0.05) is 25.9 Å². The van der Waals surface area contributed by atoms with Crippen molar-refractivity contribution in [3.8, 4) is 0 Å². The molecule has 0 aromatic rings. The molecule has 0 radical (unpaired) electrons. The number of nitrogens with two attached hydrogens (primary N) is 4. The molecule has 12 N–H and O–H groups in total. The van der Waals surface area contributed by atoms with Gasteiger partial charge in [-0.25, -0.2) is 0 Å². The molecule has 0 aliphatic rings. The summed E-state index contributed by atoms with van der Waals surface area (Å²) in [5.41, 5.74) is 20.0. The number of rotatable bonds is 11. The molecule has 0 aromatic carbocycles. The van der Waals surface area contributed by atoms with E-state index in [-0.39, 0.29) is 19.3 Å². The molecule has 26 heavy (non-hydrogen) atoms. The molecule has 0 aliphatic carbocycles. The normalized spacial score (nSPS) is 11.7. The van der Waals surface area contributed by atoms with Gasteiger partial charge >= 0.3 is 23.9 Å². The number of carboxylic acid groups (broad SMARTS) is 4. The minimum atomic E-state index is -1.17. The fraction of sp³-hybridized carbons (Fsp3) is 0.714. The van der Waals surface area contributed by atoms with E-state index in [1.165, 1.54) is 0 Å². The van der Waals surface area contributed by atoms with Crippen molar-refractivity contribution in [2.45, 2.75) is 50.6 Å². The summed E-state index contributed by atoms with van der Waals surface area (Å²) in [7, 11) is 0. The Bertz CT molecular complexity index is 418. The maximum absolute atomic E-state index is 10.2. The minimum Gasteiger partial charge on any atom is -0.481 e. The van der Waals surface area contributed by atoms with Gasteiger partial charge in [-0.05, 0) is 19.3 Å². The maximum Gasteiger partial charge on any atom is 0.320 e. The molecular formula is C14H30N4O8. The molecule has 0 saturated carbocycles. The smallest absolute Gasteiger partial charge is 0.320 e. The zero-order chi connectivity index (χ0) is 21.1. The first kappa shape index (κ1) is 28.5. The molecule has 2 unspecified atom stereocenters. The van der Waals surface area contributed by atoms with Crippen LogP contribution in [0.25, 0.3) is 0 Å². The second-order valence-corrected chi connectivity index (χ2v) is 5.04. The van der Waals surface area contributed by atoms with Gasteiger partial charge in [-0.1, -0.05) is 6.42 Å². The summed E-state index contributed by atoms with van der Waals surface area (Å²) < 4.78 is 0. The summed E-state index contributed by atoms with van der Waals surface area (Å²) in [6.07, 6.45) is 1.21. The van der Waals surface area contributed by atoms with E-state index >= 15 is 0 Å². The molecule has 0 saturated heterocycles. The van der Waals surface area contributed by atoms with Crippen LogP contribution in [-0.2, 0) is 19.2 Å². The third-order valence-electron chi connectivity index (χ3n) is 2.63. The van der Waals surface area contributed by atoms with Crippen LogP contribution in [0, 0.1) is 0 Å². The fourth-order valence-electron chi connectivity index (χ4n) is 1.17. The van der Waals surface area contributed by atoms with Gasteiger partial charge < -0.3 is 43.4 Å². The molecule has 0 bridgehead atoms. The Morgan fingerprint density at radius 1 is 0.654 bits per heavy atom. The van der Waals surface area contributed by atoms with Gasteiger partial charge in [-0.15, -0.1) is 0 Å². The molecule has 0 heterocycles. The fourth-order valence-corrected chi connectivity index (χ4v) is 1.17. The summed E-state index contributed by atoms with van der Waals surface area (Å²) in [5.74, 6) is -4.10. The molecule has 0 amide bonds. The van der Waals surface area contributed by atoms with Gasteiger partial charge in [0.05, 0.1) is 0 Å². The predicted octanol–water partition coefficient (Wildman–Crippen LogP) is -1.79. The first-order valence-electron chi connectivity index (χ1n) is 7.80. The number of hydrogen-bond donors (Lipinski definition) is 8. The second kappa shape index (κ2) is 19.1. The van der Waals surface area contributed by atoms with E-state index in [0.29, 0.717) is 32.4 Å². The van der Waals surface area contributed by atoms with Crippen LogP contribution in [0.5, 0.6) is 0 Å². The summed E-state index contributed by atoms with van der Waals surface area (Å²) in [6, 6.07) is -1.92. The highest BCUT2D eigenvalue weighted by atomic mass is 16.4. The Labute approximate surface area is 151 Å². The standard InChI is InChI=1S/C7H13NO4.C5H9NO4.C2H8N2/c8-5(7(11)12)3-1-2-4-6(9)10;6-3(5(9)10)1-2-4(7)8;3-1-2-4/h5H,1-4,8H2,(H,9,10)(H,11,12);3H,1-2,6H2,(H,7,8)(H,9,10);1-4H2. The second-order valence-electron chi connectivity index (χ2n) is 5.04. The largest absolute Gasteiger partial charge is 0.481 e. The molecular weight excluding hydrogens is 352 g/mol. The predicted molar refractivity (Wildman–Crippen MR) is 92.3 cm³/mol. The van der Waals surface area contributed by atoms with Crippen LogP contribution in [0.3, 0.4) is 0 Å². The topological polar surface area (TPSA) is 253 Å². The van der Waals surface area contributed by atoms with E-state index in [9.17, 15) is 19.2 Å². The van der Waals surface area contributed by atoms with Crippen LogP contribution >= 0.6 is 0 Å². The highest BCUT2D eigenvalue weighted by Gasteiger charge is 2.12. The monoisotopic (exact) mass is 382 g/mol. The summed E-state index contributed by atoms with van der Waals surface area (Å²) in [4.78, 5) is 40.1. The van der Waals surface area contributed by atoms with Crippen LogP contribution in [0.1, 0.15) is 38.5 Å².